The highest BCUT2D eigenvalue weighted by Gasteiger charge is 2.13. The van der Waals surface area contributed by atoms with Crippen molar-refractivity contribution in [1.82, 2.24) is 0 Å². The second kappa shape index (κ2) is 17.1. The molecule has 2 aliphatic heterocycles. The lowest BCUT2D eigenvalue weighted by Crippen LogP contribution is -1.98. The average Bonchev–Trinajstić information content (AvgIpc) is 2.78. The molecule has 0 atom stereocenters. The first kappa shape index (κ1) is 24.6. The second-order valence-electron chi connectivity index (χ2n) is 4.61. The van der Waals surface area contributed by atoms with Gasteiger partial charge in [-0.1, -0.05) is 102 Å². The van der Waals surface area contributed by atoms with Gasteiger partial charge in [0.25, 0.3) is 0 Å². The monoisotopic (exact) mass is 386 g/mol. The predicted molar refractivity (Wildman–Crippen MR) is 124 cm³/mol. The van der Waals surface area contributed by atoms with Crippen LogP contribution in [-0.4, -0.2) is 0 Å². The van der Waals surface area contributed by atoms with Crippen LogP contribution in [0.2, 0.25) is 0 Å². The number of hydrogen-bond acceptors (Lipinski definition) is 2. The zero-order valence-electron chi connectivity index (χ0n) is 17.2. The summed E-state index contributed by atoms with van der Waals surface area (Å²) in [5.41, 5.74) is 2.91. The van der Waals surface area contributed by atoms with Crippen LogP contribution in [0.4, 0.5) is 0 Å². The van der Waals surface area contributed by atoms with Crippen LogP contribution in [0.3, 0.4) is 0 Å². The Balaban J connectivity index is 0.000000440. The van der Waals surface area contributed by atoms with Crippen molar-refractivity contribution >= 4 is 23.5 Å². The molecular formula is C24H34S2. The number of allylic oxidation sites excluding steroid dienone is 2. The molecular weight excluding hydrogens is 352 g/mol. The van der Waals surface area contributed by atoms with Gasteiger partial charge in [-0.25, -0.2) is 0 Å². The standard InChI is InChI=1S/C13H10S.C5H6S.3C2H6/c1-3-7-12-10(5-1)9-11-6-2-4-8-13(11)14-12;1-2-4-6-5-3-1;3*1-2/h1-8H,9H2;2-5H,1H2;3*1-2H3. The summed E-state index contributed by atoms with van der Waals surface area (Å²) in [7, 11) is 0. The minimum atomic E-state index is 1.08. The molecule has 0 saturated heterocycles. The highest BCUT2D eigenvalue weighted by molar-refractivity contribution is 8.04. The lowest BCUT2D eigenvalue weighted by Gasteiger charge is -2.17. The Labute approximate surface area is 170 Å². The molecule has 0 amide bonds. The van der Waals surface area contributed by atoms with Crippen LogP contribution in [0.5, 0.6) is 0 Å². The maximum absolute atomic E-state index is 2.22. The van der Waals surface area contributed by atoms with E-state index in [0.717, 1.165) is 12.8 Å². The van der Waals surface area contributed by atoms with Crippen molar-refractivity contribution in [2.45, 2.75) is 64.2 Å². The molecule has 0 aliphatic carbocycles. The molecule has 2 aromatic rings. The fourth-order valence-electron chi connectivity index (χ4n) is 2.17. The summed E-state index contributed by atoms with van der Waals surface area (Å²) in [5.74, 6) is 0. The first-order valence-corrected chi connectivity index (χ1v) is 11.5. The summed E-state index contributed by atoms with van der Waals surface area (Å²) in [6.45, 7) is 12.0. The van der Waals surface area contributed by atoms with E-state index >= 15 is 0 Å². The predicted octanol–water partition coefficient (Wildman–Crippen LogP) is 8.97. The van der Waals surface area contributed by atoms with Crippen molar-refractivity contribution in [3.63, 3.8) is 0 Å². The molecule has 2 heterocycles. The maximum atomic E-state index is 2.22. The summed E-state index contributed by atoms with van der Waals surface area (Å²) in [4.78, 5) is 2.82. The fraction of sp³-hybridized carbons (Fsp3) is 0.333. The second-order valence-corrected chi connectivity index (χ2v) is 6.51. The molecule has 2 aliphatic rings. The van der Waals surface area contributed by atoms with Gasteiger partial charge >= 0.3 is 0 Å². The van der Waals surface area contributed by atoms with Crippen molar-refractivity contribution in [3.05, 3.63) is 82.6 Å². The Morgan fingerprint density at radius 3 is 1.38 bits per heavy atom. The van der Waals surface area contributed by atoms with Crippen molar-refractivity contribution in [1.29, 1.82) is 0 Å². The third-order valence-corrected chi connectivity index (χ3v) is 5.10. The molecule has 0 spiro atoms. The molecule has 2 aromatic carbocycles. The molecule has 0 saturated carbocycles. The Morgan fingerprint density at radius 1 is 0.615 bits per heavy atom. The van der Waals surface area contributed by atoms with Gasteiger partial charge in [0.05, 0.1) is 0 Å². The van der Waals surface area contributed by atoms with Gasteiger partial charge in [-0.3, -0.25) is 0 Å². The molecule has 0 bridgehead atoms. The quantitative estimate of drug-likeness (QED) is 0.378. The number of hydrogen-bond donors (Lipinski definition) is 0. The van der Waals surface area contributed by atoms with Gasteiger partial charge in [-0.2, -0.15) is 0 Å². The van der Waals surface area contributed by atoms with Gasteiger partial charge in [0, 0.05) is 9.79 Å². The number of rotatable bonds is 0. The molecule has 0 unspecified atom stereocenters. The van der Waals surface area contributed by atoms with Crippen LogP contribution in [0.1, 0.15) is 59.1 Å². The summed E-state index contributed by atoms with van der Waals surface area (Å²) in [6, 6.07) is 17.3. The highest BCUT2D eigenvalue weighted by atomic mass is 32.2. The van der Waals surface area contributed by atoms with Crippen molar-refractivity contribution in [2.75, 3.05) is 0 Å². The Kier molecular flexibility index (Phi) is 16.1. The van der Waals surface area contributed by atoms with Gasteiger partial charge in [0.1, 0.15) is 0 Å². The van der Waals surface area contributed by atoms with Crippen molar-refractivity contribution in [3.8, 4) is 0 Å². The number of benzene rings is 2. The van der Waals surface area contributed by atoms with Crippen molar-refractivity contribution < 1.29 is 0 Å². The topological polar surface area (TPSA) is 0 Å². The van der Waals surface area contributed by atoms with Crippen molar-refractivity contribution in [2.24, 2.45) is 0 Å². The summed E-state index contributed by atoms with van der Waals surface area (Å²) in [6.07, 6.45) is 6.49. The van der Waals surface area contributed by atoms with E-state index in [1.165, 1.54) is 20.9 Å². The minimum absolute atomic E-state index is 1.08. The lowest BCUT2D eigenvalue weighted by molar-refractivity contribution is 1.06. The first-order chi connectivity index (χ1) is 12.9. The van der Waals surface area contributed by atoms with E-state index in [2.05, 4.69) is 71.5 Å². The van der Waals surface area contributed by atoms with E-state index in [1.54, 1.807) is 11.8 Å². The van der Waals surface area contributed by atoms with Crippen LogP contribution >= 0.6 is 23.5 Å². The summed E-state index contributed by atoms with van der Waals surface area (Å²) in [5, 5.41) is 4.19. The SMILES string of the molecule is C1=CSC=CC1.CC.CC.CC.c1ccc2c(c1)Cc1ccccc1S2. The largest absolute Gasteiger partial charge is 0.107 e. The van der Waals surface area contributed by atoms with E-state index in [9.17, 15) is 0 Å². The van der Waals surface area contributed by atoms with E-state index in [1.807, 2.05) is 53.3 Å². The third-order valence-electron chi connectivity index (χ3n) is 3.17. The fourth-order valence-corrected chi connectivity index (χ4v) is 3.78. The number of fused-ring (bicyclic) bond motifs is 2. The number of thioether (sulfide) groups is 1. The van der Waals surface area contributed by atoms with Gasteiger partial charge in [0.15, 0.2) is 0 Å². The minimum Gasteiger partial charge on any atom is -0.107 e. The van der Waals surface area contributed by atoms with E-state index in [-0.39, 0.29) is 0 Å². The molecule has 2 heteroatoms. The molecule has 0 radical (unpaired) electrons. The first-order valence-electron chi connectivity index (χ1n) is 9.72. The third kappa shape index (κ3) is 8.82. The van der Waals surface area contributed by atoms with Crippen LogP contribution in [0, 0.1) is 0 Å². The summed E-state index contributed by atoms with van der Waals surface area (Å²) < 4.78 is 0. The zero-order chi connectivity index (χ0) is 19.6. The summed E-state index contributed by atoms with van der Waals surface area (Å²) >= 11 is 3.62. The Hall–Kier alpha value is -1.38. The molecule has 4 rings (SSSR count). The average molecular weight is 387 g/mol. The Morgan fingerprint density at radius 2 is 1.04 bits per heavy atom. The van der Waals surface area contributed by atoms with Gasteiger partial charge in [-0.15, -0.1) is 11.8 Å². The molecule has 0 N–H and O–H groups in total. The molecule has 26 heavy (non-hydrogen) atoms. The lowest BCUT2D eigenvalue weighted by atomic mass is 10.0. The normalized spacial score (nSPS) is 12.1. The maximum Gasteiger partial charge on any atom is 0.0157 e. The smallest absolute Gasteiger partial charge is 0.0157 e. The van der Waals surface area contributed by atoms with Crippen LogP contribution in [0.25, 0.3) is 0 Å². The zero-order valence-corrected chi connectivity index (χ0v) is 18.8. The highest BCUT2D eigenvalue weighted by Crippen LogP contribution is 2.38. The Bertz CT molecular complexity index is 535. The van der Waals surface area contributed by atoms with Crippen LogP contribution < -0.4 is 0 Å². The van der Waals surface area contributed by atoms with Crippen LogP contribution in [0.15, 0.2) is 81.3 Å². The molecule has 0 fully saturated rings. The molecule has 0 nitrogen and oxygen atoms in total. The molecule has 0 aromatic heterocycles. The molecule has 142 valence electrons. The van der Waals surface area contributed by atoms with Gasteiger partial charge < -0.3 is 0 Å². The van der Waals surface area contributed by atoms with Gasteiger partial charge in [-0.05, 0) is 46.9 Å². The van der Waals surface area contributed by atoms with E-state index < -0.39 is 0 Å². The van der Waals surface area contributed by atoms with E-state index in [4.69, 9.17) is 0 Å². The van der Waals surface area contributed by atoms with Gasteiger partial charge in [0.2, 0.25) is 0 Å². The van der Waals surface area contributed by atoms with Crippen LogP contribution in [-0.2, 0) is 6.42 Å². The van der Waals surface area contributed by atoms with E-state index in [0.29, 0.717) is 0 Å².